The number of hydrogen-bond acceptors (Lipinski definition) is 7. The molecule has 31 heavy (non-hydrogen) atoms. The van der Waals surface area contributed by atoms with Crippen molar-refractivity contribution in [1.82, 2.24) is 19.4 Å². The number of ether oxygens (including phenoxy) is 2. The second kappa shape index (κ2) is 8.22. The van der Waals surface area contributed by atoms with Crippen molar-refractivity contribution in [3.63, 3.8) is 0 Å². The van der Waals surface area contributed by atoms with Gasteiger partial charge in [0.05, 0.1) is 37.1 Å². The maximum Gasteiger partial charge on any atom is 0.410 e. The zero-order valence-electron chi connectivity index (χ0n) is 18.4. The molecule has 0 saturated heterocycles. The van der Waals surface area contributed by atoms with Crippen molar-refractivity contribution in [2.45, 2.75) is 46.3 Å². The first-order chi connectivity index (χ1) is 14.7. The van der Waals surface area contributed by atoms with Gasteiger partial charge in [-0.1, -0.05) is 11.3 Å². The number of anilines is 2. The molecule has 3 aromatic rings. The maximum atomic E-state index is 12.4. The predicted octanol–water partition coefficient (Wildman–Crippen LogP) is 4.68. The number of fused-ring (bicyclic) bond motifs is 1. The first-order valence-electron chi connectivity index (χ1n) is 10.1. The van der Waals surface area contributed by atoms with E-state index >= 15 is 0 Å². The third kappa shape index (κ3) is 4.82. The Bertz CT molecular complexity index is 1100. The molecule has 0 fully saturated rings. The summed E-state index contributed by atoms with van der Waals surface area (Å²) in [7, 11) is 1.65. The molecule has 1 aliphatic rings. The first-order valence-corrected chi connectivity index (χ1v) is 11.0. The number of thiazole rings is 1. The molecule has 0 saturated carbocycles. The number of benzene rings is 1. The lowest BCUT2D eigenvalue weighted by molar-refractivity contribution is 0.0225. The van der Waals surface area contributed by atoms with E-state index in [9.17, 15) is 4.79 Å². The van der Waals surface area contributed by atoms with Gasteiger partial charge in [-0.25, -0.2) is 14.8 Å². The number of amides is 1. The predicted molar refractivity (Wildman–Crippen MR) is 121 cm³/mol. The van der Waals surface area contributed by atoms with E-state index in [4.69, 9.17) is 14.5 Å². The van der Waals surface area contributed by atoms with E-state index < -0.39 is 5.60 Å². The second-order valence-corrected chi connectivity index (χ2v) is 9.56. The van der Waals surface area contributed by atoms with Gasteiger partial charge in [0.1, 0.15) is 11.4 Å². The number of aryl methyl sites for hydroxylation is 1. The molecule has 0 bridgehead atoms. The molecule has 9 heteroatoms. The summed E-state index contributed by atoms with van der Waals surface area (Å²) in [6, 6.07) is 5.92. The van der Waals surface area contributed by atoms with E-state index in [0.717, 1.165) is 44.9 Å². The second-order valence-electron chi connectivity index (χ2n) is 8.47. The molecular weight excluding hydrogens is 414 g/mol. The first kappa shape index (κ1) is 21.2. The minimum atomic E-state index is -0.502. The summed E-state index contributed by atoms with van der Waals surface area (Å²) in [5, 5.41) is 4.17. The Kier molecular flexibility index (Phi) is 5.62. The van der Waals surface area contributed by atoms with Gasteiger partial charge in [0.15, 0.2) is 5.13 Å². The lowest BCUT2D eigenvalue weighted by Crippen LogP contribution is -2.39. The van der Waals surface area contributed by atoms with E-state index in [0.29, 0.717) is 13.1 Å². The van der Waals surface area contributed by atoms with Gasteiger partial charge in [0, 0.05) is 35.8 Å². The van der Waals surface area contributed by atoms with E-state index in [-0.39, 0.29) is 6.09 Å². The van der Waals surface area contributed by atoms with Crippen molar-refractivity contribution in [1.29, 1.82) is 0 Å². The summed E-state index contributed by atoms with van der Waals surface area (Å²) in [6.45, 7) is 8.71. The molecule has 164 valence electrons. The van der Waals surface area contributed by atoms with Crippen LogP contribution in [-0.2, 0) is 17.7 Å². The quantitative estimate of drug-likeness (QED) is 0.633. The highest BCUT2D eigenvalue weighted by Gasteiger charge is 2.28. The largest absolute Gasteiger partial charge is 0.494 e. The average molecular weight is 442 g/mol. The van der Waals surface area contributed by atoms with Crippen LogP contribution < -0.4 is 10.1 Å². The van der Waals surface area contributed by atoms with Crippen molar-refractivity contribution >= 4 is 28.2 Å². The minimum absolute atomic E-state index is 0.281. The number of aromatic nitrogens is 3. The summed E-state index contributed by atoms with van der Waals surface area (Å²) >= 11 is 1.56. The van der Waals surface area contributed by atoms with Crippen molar-refractivity contribution in [3.05, 3.63) is 47.0 Å². The van der Waals surface area contributed by atoms with E-state index in [1.807, 2.05) is 56.7 Å². The molecule has 0 aliphatic carbocycles. The summed E-state index contributed by atoms with van der Waals surface area (Å²) in [6.07, 6.45) is 4.16. The minimum Gasteiger partial charge on any atom is -0.494 e. The Morgan fingerprint density at radius 1 is 1.29 bits per heavy atom. The number of hydrogen-bond donors (Lipinski definition) is 1. The molecule has 0 atom stereocenters. The van der Waals surface area contributed by atoms with Crippen LogP contribution in [0.4, 0.5) is 15.6 Å². The number of carbonyl (C=O) groups excluding carboxylic acids is 1. The van der Waals surface area contributed by atoms with E-state index in [1.165, 1.54) is 0 Å². The smallest absolute Gasteiger partial charge is 0.410 e. The maximum absolute atomic E-state index is 12.4. The number of rotatable bonds is 4. The van der Waals surface area contributed by atoms with Gasteiger partial charge in [-0.2, -0.15) is 0 Å². The Morgan fingerprint density at radius 3 is 2.77 bits per heavy atom. The van der Waals surface area contributed by atoms with Crippen molar-refractivity contribution in [2.24, 2.45) is 0 Å². The van der Waals surface area contributed by atoms with E-state index in [1.54, 1.807) is 29.7 Å². The van der Waals surface area contributed by atoms with Crippen molar-refractivity contribution < 1.29 is 14.3 Å². The highest BCUT2D eigenvalue weighted by molar-refractivity contribution is 7.15. The lowest BCUT2D eigenvalue weighted by atomic mass is 10.2. The monoisotopic (exact) mass is 441 g/mol. The van der Waals surface area contributed by atoms with Crippen LogP contribution in [0.15, 0.2) is 30.7 Å². The van der Waals surface area contributed by atoms with Crippen LogP contribution in [0, 0.1) is 6.92 Å². The molecule has 1 amide bonds. The average Bonchev–Trinajstić information content (AvgIpc) is 3.31. The Labute approximate surface area is 185 Å². The number of methoxy groups -OCH3 is 1. The number of imidazole rings is 1. The Morgan fingerprint density at radius 2 is 2.10 bits per heavy atom. The zero-order valence-corrected chi connectivity index (χ0v) is 19.2. The van der Waals surface area contributed by atoms with Gasteiger partial charge in [-0.3, -0.25) is 0 Å². The van der Waals surface area contributed by atoms with Crippen molar-refractivity contribution in [2.75, 3.05) is 19.0 Å². The number of carbonyl (C=O) groups is 1. The molecule has 0 radical (unpaired) electrons. The fourth-order valence-electron chi connectivity index (χ4n) is 3.38. The highest BCUT2D eigenvalue weighted by atomic mass is 32.1. The summed E-state index contributed by atoms with van der Waals surface area (Å²) < 4.78 is 13.0. The van der Waals surface area contributed by atoms with Gasteiger partial charge in [-0.15, -0.1) is 0 Å². The molecular formula is C22H27N5O3S. The van der Waals surface area contributed by atoms with Gasteiger partial charge in [-0.05, 0) is 39.8 Å². The molecule has 3 heterocycles. The van der Waals surface area contributed by atoms with Gasteiger partial charge in [0.2, 0.25) is 0 Å². The van der Waals surface area contributed by atoms with Crippen LogP contribution in [0.25, 0.3) is 5.69 Å². The molecule has 0 unspecified atom stereocenters. The molecule has 2 aromatic heterocycles. The van der Waals surface area contributed by atoms with Crippen molar-refractivity contribution in [3.8, 4) is 11.4 Å². The third-order valence-electron chi connectivity index (χ3n) is 4.80. The fraction of sp³-hybridized carbons (Fsp3) is 0.409. The van der Waals surface area contributed by atoms with Gasteiger partial charge < -0.3 is 24.3 Å². The summed E-state index contributed by atoms with van der Waals surface area (Å²) in [4.78, 5) is 24.2. The van der Waals surface area contributed by atoms with Crippen LogP contribution in [0.1, 0.15) is 37.0 Å². The molecule has 1 aliphatic heterocycles. The zero-order chi connectivity index (χ0) is 22.2. The summed E-state index contributed by atoms with van der Waals surface area (Å²) in [5.74, 6) is 0.736. The summed E-state index contributed by atoms with van der Waals surface area (Å²) in [5.41, 5.74) is 3.27. The number of nitrogens with zero attached hydrogens (tertiary/aromatic N) is 4. The van der Waals surface area contributed by atoms with Crippen LogP contribution in [0.2, 0.25) is 0 Å². The van der Waals surface area contributed by atoms with Gasteiger partial charge in [0.25, 0.3) is 0 Å². The molecule has 1 N–H and O–H groups in total. The third-order valence-corrected chi connectivity index (χ3v) is 5.80. The normalized spacial score (nSPS) is 13.6. The molecule has 0 spiro atoms. The van der Waals surface area contributed by atoms with Crippen LogP contribution in [-0.4, -0.2) is 44.8 Å². The molecule has 8 nitrogen and oxygen atoms in total. The Balaban J connectivity index is 1.49. The topological polar surface area (TPSA) is 81.5 Å². The van der Waals surface area contributed by atoms with E-state index in [2.05, 4.69) is 10.3 Å². The van der Waals surface area contributed by atoms with Crippen LogP contribution in [0.3, 0.4) is 0 Å². The fourth-order valence-corrected chi connectivity index (χ4v) is 4.42. The lowest BCUT2D eigenvalue weighted by Gasteiger charge is -2.29. The SMILES string of the molecule is COc1cc(Nc2nc3c(s2)CN(C(=O)OC(C)(C)C)CC3)ccc1-n1cnc(C)c1. The van der Waals surface area contributed by atoms with Crippen LogP contribution in [0.5, 0.6) is 5.75 Å². The molecule has 1 aromatic carbocycles. The standard InChI is InChI=1S/C22H27N5O3S/c1-14-11-27(13-23-14)17-7-6-15(10-18(17)29-5)24-20-25-16-8-9-26(12-19(16)31-20)21(28)30-22(2,3)4/h6-7,10-11,13H,8-9,12H2,1-5H3,(H,24,25). The van der Waals surface area contributed by atoms with Gasteiger partial charge >= 0.3 is 6.09 Å². The van der Waals surface area contributed by atoms with Crippen LogP contribution >= 0.6 is 11.3 Å². The molecule has 4 rings (SSSR count). The number of nitrogens with one attached hydrogen (secondary N) is 1. The Hall–Kier alpha value is -3.07. The highest BCUT2D eigenvalue weighted by Crippen LogP contribution is 2.33.